The summed E-state index contributed by atoms with van der Waals surface area (Å²) in [7, 11) is 1.69. The smallest absolute Gasteiger partial charge is 0.159 e. The number of aromatic nitrogens is 2. The van der Waals surface area contributed by atoms with E-state index >= 15 is 0 Å². The summed E-state index contributed by atoms with van der Waals surface area (Å²) in [5.41, 5.74) is 0.942. The van der Waals surface area contributed by atoms with Crippen LogP contribution in [0.4, 0.5) is 0 Å². The lowest BCUT2D eigenvalue weighted by Gasteiger charge is -2.28. The fraction of sp³-hybridized carbons (Fsp3) is 0.714. The van der Waals surface area contributed by atoms with Crippen LogP contribution in [-0.4, -0.2) is 17.1 Å². The second-order valence-corrected chi connectivity index (χ2v) is 7.65. The number of methoxy groups -OCH3 is 1. The quantitative estimate of drug-likeness (QED) is 0.548. The number of halogens is 2. The molecule has 3 nitrogen and oxygen atoms in total. The van der Waals surface area contributed by atoms with E-state index in [-0.39, 0.29) is 11.5 Å². The Bertz CT molecular complexity index is 444. The highest BCUT2D eigenvalue weighted by atomic mass is 127. The first-order chi connectivity index (χ1) is 8.66. The van der Waals surface area contributed by atoms with E-state index in [0.29, 0.717) is 16.9 Å². The minimum atomic E-state index is -0.159. The minimum absolute atomic E-state index is 0.0695. The minimum Gasteiger partial charge on any atom is -0.373 e. The van der Waals surface area contributed by atoms with Gasteiger partial charge in [-0.2, -0.15) is 0 Å². The zero-order valence-electron chi connectivity index (χ0n) is 12.4. The maximum absolute atomic E-state index is 6.24. The molecule has 0 aliphatic carbocycles. The first-order valence-corrected chi connectivity index (χ1v) is 7.87. The third kappa shape index (κ3) is 4.53. The van der Waals surface area contributed by atoms with Crippen LogP contribution in [0, 0.1) is 14.9 Å². The molecule has 5 heteroatoms. The highest BCUT2D eigenvalue weighted by molar-refractivity contribution is 14.1. The van der Waals surface area contributed by atoms with Crippen LogP contribution in [0.15, 0.2) is 0 Å². The van der Waals surface area contributed by atoms with E-state index < -0.39 is 0 Å². The van der Waals surface area contributed by atoms with Gasteiger partial charge >= 0.3 is 0 Å². The van der Waals surface area contributed by atoms with Crippen molar-refractivity contribution in [3.63, 3.8) is 0 Å². The Morgan fingerprint density at radius 3 is 2.26 bits per heavy atom. The summed E-state index contributed by atoms with van der Waals surface area (Å²) in [6.07, 6.45) is 0.738. The predicted octanol–water partition coefficient (Wildman–Crippen LogP) is 4.67. The molecule has 0 N–H and O–H groups in total. The number of rotatable bonds is 4. The number of hydrogen-bond acceptors (Lipinski definition) is 3. The van der Waals surface area contributed by atoms with Gasteiger partial charge in [0.1, 0.15) is 11.3 Å². The molecule has 1 atom stereocenters. The van der Waals surface area contributed by atoms with Crippen LogP contribution in [0.1, 0.15) is 52.2 Å². The molecule has 0 saturated carbocycles. The summed E-state index contributed by atoms with van der Waals surface area (Å²) in [6.45, 7) is 10.7. The average molecular weight is 397 g/mol. The summed E-state index contributed by atoms with van der Waals surface area (Å²) < 4.78 is 6.51. The van der Waals surface area contributed by atoms with Gasteiger partial charge in [-0.05, 0) is 40.3 Å². The second kappa shape index (κ2) is 6.68. The lowest BCUT2D eigenvalue weighted by atomic mass is 9.88. The van der Waals surface area contributed by atoms with Crippen molar-refractivity contribution in [1.29, 1.82) is 0 Å². The summed E-state index contributed by atoms with van der Waals surface area (Å²) >= 11 is 8.45. The molecule has 0 aliphatic rings. The maximum Gasteiger partial charge on any atom is 0.159 e. The maximum atomic E-state index is 6.24. The zero-order chi connectivity index (χ0) is 14.8. The van der Waals surface area contributed by atoms with Crippen molar-refractivity contribution in [2.24, 2.45) is 11.3 Å². The third-order valence-electron chi connectivity index (χ3n) is 2.76. The van der Waals surface area contributed by atoms with Gasteiger partial charge < -0.3 is 4.74 Å². The van der Waals surface area contributed by atoms with Crippen molar-refractivity contribution >= 4 is 34.2 Å². The van der Waals surface area contributed by atoms with Gasteiger partial charge in [-0.1, -0.05) is 46.2 Å². The van der Waals surface area contributed by atoms with Gasteiger partial charge in [-0.15, -0.1) is 0 Å². The summed E-state index contributed by atoms with van der Waals surface area (Å²) in [5, 5.41) is 0.521. The summed E-state index contributed by atoms with van der Waals surface area (Å²) in [5.74, 6) is 1.21. The molecule has 1 aromatic rings. The number of ether oxygens (including phenoxy) is 1. The zero-order valence-corrected chi connectivity index (χ0v) is 15.3. The van der Waals surface area contributed by atoms with E-state index in [4.69, 9.17) is 16.3 Å². The molecule has 19 heavy (non-hydrogen) atoms. The summed E-state index contributed by atoms with van der Waals surface area (Å²) in [4.78, 5) is 9.08. The van der Waals surface area contributed by atoms with Crippen molar-refractivity contribution in [3.05, 3.63) is 20.2 Å². The Labute approximate surface area is 134 Å². The summed E-state index contributed by atoms with van der Waals surface area (Å²) in [6, 6.07) is 0. The van der Waals surface area contributed by atoms with Gasteiger partial charge in [-0.3, -0.25) is 0 Å². The second-order valence-electron chi connectivity index (χ2n) is 6.21. The van der Waals surface area contributed by atoms with Crippen LogP contribution >= 0.6 is 34.2 Å². The monoisotopic (exact) mass is 396 g/mol. The lowest BCUT2D eigenvalue weighted by molar-refractivity contribution is 0.00846. The number of nitrogens with zero attached hydrogens (tertiary/aromatic N) is 2. The average Bonchev–Trinajstić information content (AvgIpc) is 2.23. The van der Waals surface area contributed by atoms with Crippen molar-refractivity contribution < 1.29 is 4.74 Å². The molecule has 1 rings (SSSR count). The Morgan fingerprint density at radius 2 is 1.84 bits per heavy atom. The predicted molar refractivity (Wildman–Crippen MR) is 87.5 cm³/mol. The highest BCUT2D eigenvalue weighted by Gasteiger charge is 2.30. The normalized spacial score (nSPS) is 13.9. The molecule has 0 aromatic carbocycles. The highest BCUT2D eigenvalue weighted by Crippen LogP contribution is 2.35. The van der Waals surface area contributed by atoms with Crippen LogP contribution in [-0.2, 0) is 11.2 Å². The first kappa shape index (κ1) is 17.1. The van der Waals surface area contributed by atoms with Crippen LogP contribution in [0.2, 0.25) is 5.15 Å². The molecular formula is C14H22ClIN2O. The van der Waals surface area contributed by atoms with E-state index in [9.17, 15) is 0 Å². The molecule has 1 heterocycles. The van der Waals surface area contributed by atoms with Crippen LogP contribution in [0.5, 0.6) is 0 Å². The van der Waals surface area contributed by atoms with Crippen molar-refractivity contribution in [2.75, 3.05) is 7.11 Å². The van der Waals surface area contributed by atoms with Gasteiger partial charge in [0.15, 0.2) is 5.82 Å². The molecule has 1 aromatic heterocycles. The van der Waals surface area contributed by atoms with Crippen molar-refractivity contribution in [3.8, 4) is 0 Å². The van der Waals surface area contributed by atoms with E-state index in [0.717, 1.165) is 15.7 Å². The molecule has 0 fully saturated rings. The molecular weight excluding hydrogens is 375 g/mol. The molecule has 0 amide bonds. The van der Waals surface area contributed by atoms with Crippen molar-refractivity contribution in [1.82, 2.24) is 9.97 Å². The molecule has 108 valence electrons. The van der Waals surface area contributed by atoms with E-state index in [2.05, 4.69) is 67.2 Å². The van der Waals surface area contributed by atoms with Crippen LogP contribution < -0.4 is 0 Å². The first-order valence-electron chi connectivity index (χ1n) is 6.41. The molecule has 0 bridgehead atoms. The Kier molecular flexibility index (Phi) is 6.01. The fourth-order valence-corrected chi connectivity index (χ4v) is 2.62. The van der Waals surface area contributed by atoms with E-state index in [1.165, 1.54) is 0 Å². The van der Waals surface area contributed by atoms with Crippen LogP contribution in [0.3, 0.4) is 0 Å². The Morgan fingerprint density at radius 1 is 1.26 bits per heavy atom. The molecule has 0 saturated heterocycles. The van der Waals surface area contributed by atoms with Gasteiger partial charge in [0.25, 0.3) is 0 Å². The molecule has 0 spiro atoms. The van der Waals surface area contributed by atoms with E-state index in [1.807, 2.05) is 0 Å². The van der Waals surface area contributed by atoms with Gasteiger partial charge in [-0.25, -0.2) is 9.97 Å². The lowest BCUT2D eigenvalue weighted by Crippen LogP contribution is -2.23. The molecule has 0 aliphatic heterocycles. The fourth-order valence-electron chi connectivity index (χ4n) is 1.97. The molecule has 1 unspecified atom stereocenters. The van der Waals surface area contributed by atoms with Gasteiger partial charge in [0.2, 0.25) is 0 Å². The van der Waals surface area contributed by atoms with E-state index in [1.54, 1.807) is 7.11 Å². The topological polar surface area (TPSA) is 35.0 Å². The SMILES string of the molecule is COC(c1nc(Cl)c(I)c(CC(C)C)n1)C(C)(C)C. The van der Waals surface area contributed by atoms with Gasteiger partial charge in [0, 0.05) is 7.11 Å². The Balaban J connectivity index is 3.26. The molecule has 0 radical (unpaired) electrons. The standard InChI is InChI=1S/C14H22ClIN2O/c1-8(2)7-9-10(16)12(15)18-13(17-9)11(19-6)14(3,4)5/h8,11H,7H2,1-6H3. The Hall–Kier alpha value is 0.0600. The third-order valence-corrected chi connectivity index (χ3v) is 4.48. The van der Waals surface area contributed by atoms with Crippen molar-refractivity contribution in [2.45, 2.75) is 47.1 Å². The van der Waals surface area contributed by atoms with Gasteiger partial charge in [0.05, 0.1) is 9.26 Å². The van der Waals surface area contributed by atoms with Crippen LogP contribution in [0.25, 0.3) is 0 Å². The number of hydrogen-bond donors (Lipinski definition) is 0. The largest absolute Gasteiger partial charge is 0.373 e.